The van der Waals surface area contributed by atoms with E-state index in [1.54, 1.807) is 12.1 Å². The minimum absolute atomic E-state index is 0.0213. The number of phosphoric ester groups is 1. The molecule has 1 N–H and O–H groups in total. The van der Waals surface area contributed by atoms with Crippen LogP contribution in [-0.2, 0) is 36.1 Å². The second-order valence-corrected chi connectivity index (χ2v) is 14.1. The van der Waals surface area contributed by atoms with Crippen LogP contribution in [0.2, 0.25) is 0 Å². The summed E-state index contributed by atoms with van der Waals surface area (Å²) in [7, 11) is 0.936. The fourth-order valence-electron chi connectivity index (χ4n) is 4.90. The molecule has 45 heavy (non-hydrogen) atoms. The molecule has 0 bridgehead atoms. The Morgan fingerprint density at radius 2 is 1.80 bits per heavy atom. The number of alkyl carbamates (subject to hydrolysis) is 1. The number of rotatable bonds is 18. The van der Waals surface area contributed by atoms with Crippen molar-refractivity contribution in [2.24, 2.45) is 5.92 Å². The van der Waals surface area contributed by atoms with Gasteiger partial charge in [-0.1, -0.05) is 56.3 Å². The van der Waals surface area contributed by atoms with Crippen molar-refractivity contribution in [2.45, 2.75) is 51.5 Å². The highest BCUT2D eigenvalue weighted by atomic mass is 31.2. The van der Waals surface area contributed by atoms with E-state index in [2.05, 4.69) is 5.32 Å². The van der Waals surface area contributed by atoms with Gasteiger partial charge in [0, 0.05) is 38.2 Å². The van der Waals surface area contributed by atoms with Crippen molar-refractivity contribution in [2.75, 3.05) is 60.6 Å². The lowest BCUT2D eigenvalue weighted by molar-refractivity contribution is -0.870. The van der Waals surface area contributed by atoms with E-state index in [1.165, 1.54) is 12.1 Å². The number of nitro groups is 1. The molecule has 1 fully saturated rings. The molecule has 1 aliphatic rings. The quantitative estimate of drug-likeness (QED) is 0.109. The number of quaternary nitrogens is 1. The fraction of sp³-hybridized carbons (Fsp3) is 0.581. The highest BCUT2D eigenvalue weighted by molar-refractivity contribution is 7.45. The van der Waals surface area contributed by atoms with Gasteiger partial charge in [0.15, 0.2) is 0 Å². The second-order valence-electron chi connectivity index (χ2n) is 12.8. The van der Waals surface area contributed by atoms with Crippen molar-refractivity contribution in [1.29, 1.82) is 0 Å². The molecule has 250 valence electrons. The SMILES string of the molecule is CC(C)CN(Cc1ccc([N+](=O)[O-])cc1)C[C@@H](OP(=O)([O-])OCC[N+](C)(C)C)[C@H](Cc1ccccc1)NC(=O)O[C@H]1CCOC1. The first-order chi connectivity index (χ1) is 21.2. The molecule has 1 saturated heterocycles. The highest BCUT2D eigenvalue weighted by Crippen LogP contribution is 2.41. The van der Waals surface area contributed by atoms with Crippen molar-refractivity contribution in [3.8, 4) is 0 Å². The molecule has 2 aromatic carbocycles. The third-order valence-corrected chi connectivity index (χ3v) is 8.13. The smallest absolute Gasteiger partial charge is 0.407 e. The number of hydrogen-bond donors (Lipinski definition) is 1. The van der Waals surface area contributed by atoms with Gasteiger partial charge in [-0.25, -0.2) is 4.79 Å². The molecule has 1 heterocycles. The van der Waals surface area contributed by atoms with Crippen LogP contribution >= 0.6 is 7.82 Å². The van der Waals surface area contributed by atoms with E-state index in [1.807, 2.05) is 70.2 Å². The number of ether oxygens (including phenoxy) is 2. The molecule has 1 unspecified atom stereocenters. The topological polar surface area (TPSA) is 153 Å². The average molecular weight is 651 g/mol. The largest absolute Gasteiger partial charge is 0.756 e. The molecule has 4 atom stereocenters. The van der Waals surface area contributed by atoms with E-state index in [4.69, 9.17) is 18.5 Å². The van der Waals surface area contributed by atoms with E-state index in [0.717, 1.165) is 11.1 Å². The standard InChI is InChI=1S/C31H47N4O9P/c1-24(2)20-33(21-26-11-13-27(14-12-26)34(37)38)22-30(44-45(39,40)42-18-16-35(3,4)5)29(19-25-9-7-6-8-10-25)32-31(36)43-28-15-17-41-23-28/h6-14,24,28-30H,15-23H2,1-5H3,(H-,32,36,39,40)/t28-,29-,30+/m0/s1. The number of phosphoric acid groups is 1. The van der Waals surface area contributed by atoms with Crippen molar-refractivity contribution in [3.63, 3.8) is 0 Å². The van der Waals surface area contributed by atoms with Crippen LogP contribution < -0.4 is 10.2 Å². The lowest BCUT2D eigenvalue weighted by Crippen LogP contribution is -2.51. The number of nitrogens with zero attached hydrogens (tertiary/aromatic N) is 3. The number of amides is 1. The van der Waals surface area contributed by atoms with Crippen LogP contribution in [0.25, 0.3) is 0 Å². The Kier molecular flexibility index (Phi) is 13.9. The predicted octanol–water partition coefficient (Wildman–Crippen LogP) is 3.76. The lowest BCUT2D eigenvalue weighted by atomic mass is 10.0. The summed E-state index contributed by atoms with van der Waals surface area (Å²) in [6, 6.07) is 14.8. The van der Waals surface area contributed by atoms with E-state index >= 15 is 0 Å². The number of carbonyl (C=O) groups excluding carboxylic acids is 1. The van der Waals surface area contributed by atoms with E-state index in [-0.39, 0.29) is 31.2 Å². The predicted molar refractivity (Wildman–Crippen MR) is 167 cm³/mol. The van der Waals surface area contributed by atoms with Gasteiger partial charge in [0.05, 0.1) is 51.4 Å². The zero-order valence-electron chi connectivity index (χ0n) is 26.8. The number of benzene rings is 2. The van der Waals surface area contributed by atoms with Crippen LogP contribution in [0.4, 0.5) is 10.5 Å². The first-order valence-corrected chi connectivity index (χ1v) is 16.6. The van der Waals surface area contributed by atoms with Crippen LogP contribution in [0.3, 0.4) is 0 Å². The van der Waals surface area contributed by atoms with Gasteiger partial charge in [0.2, 0.25) is 0 Å². The van der Waals surface area contributed by atoms with Crippen LogP contribution in [0.5, 0.6) is 0 Å². The van der Waals surface area contributed by atoms with Crippen LogP contribution in [0.15, 0.2) is 54.6 Å². The Morgan fingerprint density at radius 3 is 2.38 bits per heavy atom. The zero-order chi connectivity index (χ0) is 33.0. The van der Waals surface area contributed by atoms with Crippen molar-refractivity contribution >= 4 is 19.6 Å². The third-order valence-electron chi connectivity index (χ3n) is 7.10. The first-order valence-electron chi connectivity index (χ1n) is 15.2. The maximum absolute atomic E-state index is 13.2. The fourth-order valence-corrected chi connectivity index (χ4v) is 5.81. The summed E-state index contributed by atoms with van der Waals surface area (Å²) in [4.78, 5) is 39.1. The molecule has 0 spiro atoms. The molecule has 0 aliphatic carbocycles. The Balaban J connectivity index is 1.91. The average Bonchev–Trinajstić information content (AvgIpc) is 3.45. The maximum atomic E-state index is 13.2. The summed E-state index contributed by atoms with van der Waals surface area (Å²) in [6.07, 6.45) is -1.33. The molecule has 0 aromatic heterocycles. The first kappa shape index (κ1) is 36.6. The minimum atomic E-state index is -4.83. The van der Waals surface area contributed by atoms with Crippen LogP contribution in [0, 0.1) is 16.0 Å². The monoisotopic (exact) mass is 650 g/mol. The molecule has 3 rings (SSSR count). The summed E-state index contributed by atoms with van der Waals surface area (Å²) in [5.74, 6) is 0.191. The molecule has 14 heteroatoms. The number of likely N-dealkylation sites (N-methyl/N-ethyl adjacent to an activating group) is 1. The molecule has 2 aromatic rings. The van der Waals surface area contributed by atoms with Gasteiger partial charge in [-0.15, -0.1) is 0 Å². The van der Waals surface area contributed by atoms with Gasteiger partial charge in [0.25, 0.3) is 13.5 Å². The van der Waals surface area contributed by atoms with Crippen LogP contribution in [-0.4, -0.2) is 99.2 Å². The Hall–Kier alpha value is -2.90. The number of hydrogen-bond acceptors (Lipinski definition) is 10. The normalized spacial score (nSPS) is 18.0. The summed E-state index contributed by atoms with van der Waals surface area (Å²) >= 11 is 0. The van der Waals surface area contributed by atoms with Gasteiger partial charge in [0.1, 0.15) is 19.3 Å². The highest BCUT2D eigenvalue weighted by Gasteiger charge is 2.32. The minimum Gasteiger partial charge on any atom is -0.756 e. The van der Waals surface area contributed by atoms with Crippen LogP contribution in [0.1, 0.15) is 31.4 Å². The summed E-state index contributed by atoms with van der Waals surface area (Å²) in [6.45, 7) is 6.24. The Labute approximate surface area is 265 Å². The molecule has 1 aliphatic heterocycles. The Morgan fingerprint density at radius 1 is 1.11 bits per heavy atom. The number of carbonyl (C=O) groups is 1. The van der Waals surface area contributed by atoms with Crippen molar-refractivity contribution in [1.82, 2.24) is 10.2 Å². The van der Waals surface area contributed by atoms with Crippen molar-refractivity contribution in [3.05, 3.63) is 75.8 Å². The van der Waals surface area contributed by atoms with Gasteiger partial charge >= 0.3 is 6.09 Å². The molecule has 13 nitrogen and oxygen atoms in total. The molecule has 0 saturated carbocycles. The Bertz CT molecular complexity index is 1250. The maximum Gasteiger partial charge on any atom is 0.407 e. The molecular formula is C31H47N4O9P. The molecule has 1 amide bonds. The summed E-state index contributed by atoms with van der Waals surface area (Å²) in [5, 5.41) is 14.0. The van der Waals surface area contributed by atoms with E-state index in [9.17, 15) is 24.4 Å². The lowest BCUT2D eigenvalue weighted by Gasteiger charge is -2.37. The summed E-state index contributed by atoms with van der Waals surface area (Å²) in [5.41, 5.74) is 1.64. The molecular weight excluding hydrogens is 603 g/mol. The van der Waals surface area contributed by atoms with E-state index < -0.39 is 37.1 Å². The second kappa shape index (κ2) is 17.1. The van der Waals surface area contributed by atoms with Gasteiger partial charge in [-0.3, -0.25) is 19.6 Å². The van der Waals surface area contributed by atoms with Gasteiger partial charge < -0.3 is 33.2 Å². The molecule has 0 radical (unpaired) electrons. The van der Waals surface area contributed by atoms with Gasteiger partial charge in [-0.2, -0.15) is 0 Å². The number of nitrogens with one attached hydrogen (secondary N) is 1. The number of nitro benzene ring substituents is 1. The number of non-ortho nitro benzene ring substituents is 1. The van der Waals surface area contributed by atoms with Gasteiger partial charge in [-0.05, 0) is 23.5 Å². The summed E-state index contributed by atoms with van der Waals surface area (Å²) < 4.78 is 35.7. The van der Waals surface area contributed by atoms with E-state index in [0.29, 0.717) is 43.8 Å². The third kappa shape index (κ3) is 14.0. The van der Waals surface area contributed by atoms with Crippen molar-refractivity contribution < 1.29 is 42.2 Å². The zero-order valence-corrected chi connectivity index (χ0v) is 27.7.